The molecule has 0 spiro atoms. The summed E-state index contributed by atoms with van der Waals surface area (Å²) in [6.45, 7) is 17.4. The number of furan rings is 1. The second-order valence-corrected chi connectivity index (χ2v) is 44.5. The third-order valence-electron chi connectivity index (χ3n) is 24.5. The highest BCUT2D eigenvalue weighted by Crippen LogP contribution is 2.43. The minimum atomic E-state index is -2.20. The van der Waals surface area contributed by atoms with E-state index in [0.29, 0.717) is 0 Å². The number of thiophene rings is 7. The summed E-state index contributed by atoms with van der Waals surface area (Å²) in [5.41, 5.74) is 13.8. The molecule has 0 fully saturated rings. The molecule has 0 N–H and O–H groups in total. The van der Waals surface area contributed by atoms with E-state index in [-0.39, 0.29) is 52.0 Å². The van der Waals surface area contributed by atoms with Gasteiger partial charge in [0.05, 0.1) is 10.4 Å². The molecule has 690 valence electrons. The second-order valence-electron chi connectivity index (χ2n) is 33.2. The van der Waals surface area contributed by atoms with Gasteiger partial charge in [0, 0.05) is 156 Å². The number of para-hydroxylation sites is 2. The lowest BCUT2D eigenvalue weighted by Gasteiger charge is -2.29. The van der Waals surface area contributed by atoms with Crippen molar-refractivity contribution in [2.45, 2.75) is 107 Å². The number of hydrogen-bond acceptors (Lipinski definition) is 11. The first-order chi connectivity index (χ1) is 64.2. The molecule has 0 saturated heterocycles. The van der Waals surface area contributed by atoms with Gasteiger partial charge in [0.2, 0.25) is 0 Å². The smallest absolute Gasteiger partial charge is 0.150 e. The van der Waals surface area contributed by atoms with Crippen LogP contribution in [0.1, 0.15) is 91.1 Å². The van der Waals surface area contributed by atoms with Crippen molar-refractivity contribution in [3.63, 3.8) is 0 Å². The van der Waals surface area contributed by atoms with Gasteiger partial charge in [-0.3, -0.25) is 4.98 Å². The van der Waals surface area contributed by atoms with Gasteiger partial charge < -0.3 is 4.42 Å². The van der Waals surface area contributed by atoms with Crippen molar-refractivity contribution >= 4 is 266 Å². The van der Waals surface area contributed by atoms with Gasteiger partial charge in [-0.2, -0.15) is 0 Å². The summed E-state index contributed by atoms with van der Waals surface area (Å²) in [7, 11) is -2.20. The summed E-state index contributed by atoms with van der Waals surface area (Å²) in [5.74, 6) is 0. The highest BCUT2D eigenvalue weighted by molar-refractivity contribution is 7.28. The molecule has 138 heavy (non-hydrogen) atoms. The Morgan fingerprint density at radius 2 is 0.565 bits per heavy atom. The summed E-state index contributed by atoms with van der Waals surface area (Å²) in [6.07, 6.45) is 5.59. The van der Waals surface area contributed by atoms with Crippen LogP contribution in [0.15, 0.2) is 411 Å². The lowest BCUT2D eigenvalue weighted by molar-refractivity contribution is 0.671. The molecule has 0 bridgehead atoms. The van der Waals surface area contributed by atoms with Gasteiger partial charge in [0.25, 0.3) is 0 Å². The minimum Gasteiger partial charge on any atom is -0.456 e. The van der Waals surface area contributed by atoms with Crippen molar-refractivity contribution in [2.24, 2.45) is 0 Å². The minimum absolute atomic E-state index is 0. The van der Waals surface area contributed by atoms with Gasteiger partial charge in [0.15, 0.2) is 0 Å². The molecular formula is C126H119N3OS7Si. The van der Waals surface area contributed by atoms with Crippen LogP contribution in [0.5, 0.6) is 0 Å². The predicted octanol–water partition coefficient (Wildman–Crippen LogP) is 39.5. The fourth-order valence-electron chi connectivity index (χ4n) is 17.8. The number of aromatic nitrogens is 3. The molecule has 4 nitrogen and oxygen atoms in total. The summed E-state index contributed by atoms with van der Waals surface area (Å²) >= 11 is 12.9. The largest absolute Gasteiger partial charge is 0.456 e. The molecule has 0 aliphatic rings. The SMILES string of the molecule is C.C.C.C.C.C.C.C[Si](c1ccccc1)(c1ccccc1)c1cccc2c1oc1ccccc12.Cc1ccc(-c2cccc3c2sc2ccccc23)cc1.Cc1ccc2sc3ccccc3c2c1.Cc1ccc2sc3ncccc3c2c1.Cc1cccc2c1sc1ccccc12.Cc1cccc2c1sc1ccccc12.Cc1cccc2c1sc1ncccc12.Cc1nccc2c1sc1ccccc12. The van der Waals surface area contributed by atoms with Gasteiger partial charge in [-0.05, 0) is 183 Å². The Labute approximate surface area is 842 Å². The van der Waals surface area contributed by atoms with Crippen LogP contribution in [0, 0.1) is 48.5 Å². The first kappa shape index (κ1) is 102. The third-order valence-corrected chi connectivity index (χ3v) is 37.6. The Morgan fingerprint density at radius 3 is 1.07 bits per heavy atom. The van der Waals surface area contributed by atoms with Crippen LogP contribution in [0.3, 0.4) is 0 Å². The maximum Gasteiger partial charge on any atom is 0.150 e. The number of pyridine rings is 3. The van der Waals surface area contributed by atoms with Gasteiger partial charge in [0.1, 0.15) is 28.9 Å². The summed E-state index contributed by atoms with van der Waals surface area (Å²) < 4.78 is 22.9. The Morgan fingerprint density at radius 1 is 0.225 bits per heavy atom. The second kappa shape index (κ2) is 45.2. The lowest BCUT2D eigenvalue weighted by atomic mass is 10.0. The van der Waals surface area contributed by atoms with Gasteiger partial charge in [-0.15, -0.1) is 79.4 Å². The average molecular weight is 1940 g/mol. The van der Waals surface area contributed by atoms with Gasteiger partial charge in [-0.25, -0.2) is 9.97 Å². The van der Waals surface area contributed by atoms with Crippen LogP contribution < -0.4 is 15.6 Å². The number of rotatable bonds is 4. The predicted molar refractivity (Wildman–Crippen MR) is 632 cm³/mol. The van der Waals surface area contributed by atoms with Crippen molar-refractivity contribution in [1.29, 1.82) is 0 Å². The lowest BCUT2D eigenvalue weighted by Crippen LogP contribution is -2.64. The van der Waals surface area contributed by atoms with Crippen molar-refractivity contribution in [3.05, 3.63) is 446 Å². The summed E-state index contributed by atoms with van der Waals surface area (Å²) in [5, 5.41) is 25.5. The molecule has 16 aromatic carbocycles. The Balaban J connectivity index is 0.000000134. The standard InChI is InChI=1S/C25H20OSi.C19H14S.3C13H10S.3C12H9NS.7CH4/c1-27(19-11-4-2-5-12-19,20-13-6-3-7-14-20)24-18-10-16-22-21-15-8-9-17-23(21)26-25(22)24;1-13-9-11-14(12-10-13)15-6-4-7-17-16-5-2-3-8-18(16)20-19(15)17;2*1-9-5-4-7-11-10-6-2-3-8-12(10)14-13(9)11;1-9-6-7-13-11(8-9)10-4-2-3-5-12(10)14-13;1-8-4-2-5-9-10-6-3-7-13-12(10)14-11(8)9;1-8-4-5-11-10(7-8)9-3-2-6-13-12(9)14-11;1-8-12-10(6-7-13-8)9-4-2-3-5-11(9)14-12;;;;;;;/h2-18H,1H3;2-12H,1H3;3*2-8H,1H3;3*2-7H,1H3;7*1H4. The molecule has 0 aliphatic heterocycles. The van der Waals surface area contributed by atoms with E-state index in [1.54, 1.807) is 22.7 Å². The van der Waals surface area contributed by atoms with Crippen LogP contribution >= 0.6 is 79.4 Å². The highest BCUT2D eigenvalue weighted by atomic mass is 32.1. The molecule has 11 aromatic heterocycles. The number of nitrogens with zero attached hydrogens (tertiary/aromatic N) is 3. The van der Waals surface area contributed by atoms with Gasteiger partial charge in [-0.1, -0.05) is 372 Å². The highest BCUT2D eigenvalue weighted by Gasteiger charge is 2.37. The molecule has 12 heteroatoms. The molecule has 11 heterocycles. The van der Waals surface area contributed by atoms with Crippen LogP contribution in [0.2, 0.25) is 6.55 Å². The summed E-state index contributed by atoms with van der Waals surface area (Å²) in [4.78, 5) is 15.3. The number of benzene rings is 16. The van der Waals surface area contributed by atoms with Crippen LogP contribution in [0.4, 0.5) is 0 Å². The van der Waals surface area contributed by atoms with Crippen molar-refractivity contribution < 1.29 is 4.42 Å². The van der Waals surface area contributed by atoms with Crippen molar-refractivity contribution in [2.75, 3.05) is 0 Å². The molecule has 0 radical (unpaired) electrons. The van der Waals surface area contributed by atoms with Crippen LogP contribution in [-0.2, 0) is 0 Å². The van der Waals surface area contributed by atoms with E-state index in [2.05, 4.69) is 440 Å². The van der Waals surface area contributed by atoms with E-state index in [9.17, 15) is 0 Å². The maximum atomic E-state index is 6.41. The van der Waals surface area contributed by atoms with Crippen molar-refractivity contribution in [1.82, 2.24) is 15.0 Å². The molecule has 27 rings (SSSR count). The van der Waals surface area contributed by atoms with Crippen LogP contribution in [0.25, 0.3) is 175 Å². The van der Waals surface area contributed by atoms with Crippen LogP contribution in [-0.4, -0.2) is 23.0 Å². The number of hydrogen-bond donors (Lipinski definition) is 0. The van der Waals surface area contributed by atoms with E-state index >= 15 is 0 Å². The number of fused-ring (bicyclic) bond motifs is 24. The third kappa shape index (κ3) is 20.6. The molecule has 0 amide bonds. The molecule has 0 saturated carbocycles. The fourth-order valence-corrected chi connectivity index (χ4v) is 29.5. The molecule has 27 aromatic rings. The normalized spacial score (nSPS) is 10.8. The van der Waals surface area contributed by atoms with E-state index in [1.807, 2.05) is 93.5 Å². The van der Waals surface area contributed by atoms with Crippen molar-refractivity contribution in [3.8, 4) is 11.1 Å². The summed E-state index contributed by atoms with van der Waals surface area (Å²) in [6, 6.07) is 138. The Bertz CT molecular complexity index is 8180. The topological polar surface area (TPSA) is 51.8 Å². The number of aryl methyl sites for hydroxylation is 7. The Kier molecular flexibility index (Phi) is 33.4. The first-order valence-corrected chi connectivity index (χ1v) is 52.3. The van der Waals surface area contributed by atoms with E-state index < -0.39 is 8.07 Å². The zero-order valence-electron chi connectivity index (χ0n) is 73.8. The Hall–Kier alpha value is -13.5. The average Bonchev–Trinajstić information content (AvgIpc) is 1.59. The maximum absolute atomic E-state index is 6.41. The fraction of sp³-hybridized carbons (Fsp3) is 0.119. The molecule has 0 aliphatic carbocycles. The first-order valence-electron chi connectivity index (χ1n) is 44.0. The van der Waals surface area contributed by atoms with E-state index in [0.717, 1.165) is 26.5 Å². The van der Waals surface area contributed by atoms with Gasteiger partial charge >= 0.3 is 0 Å². The monoisotopic (exact) mass is 1940 g/mol. The van der Waals surface area contributed by atoms with E-state index in [1.165, 1.54) is 203 Å². The molecule has 0 atom stereocenters. The molecular weight excluding hydrogens is 1820 g/mol. The zero-order chi connectivity index (χ0) is 89.1. The zero-order valence-corrected chi connectivity index (χ0v) is 80.5. The quantitative estimate of drug-likeness (QED) is 0.130. The molecule has 0 unspecified atom stereocenters. The van der Waals surface area contributed by atoms with E-state index in [4.69, 9.17) is 4.42 Å².